The third-order valence-electron chi connectivity index (χ3n) is 5.41. The van der Waals surface area contributed by atoms with Crippen molar-refractivity contribution >= 4 is 29.1 Å². The molecule has 0 radical (unpaired) electrons. The highest BCUT2D eigenvalue weighted by molar-refractivity contribution is 5.90. The number of nitrogens with one attached hydrogen (secondary N) is 1. The van der Waals surface area contributed by atoms with Crippen LogP contribution in [0.4, 0.5) is 0 Å². The van der Waals surface area contributed by atoms with Crippen LogP contribution in [0.2, 0.25) is 0 Å². The number of benzene rings is 2. The molecule has 4 nitrogen and oxygen atoms in total. The van der Waals surface area contributed by atoms with Gasteiger partial charge in [-0.05, 0) is 22.8 Å². The van der Waals surface area contributed by atoms with Crippen LogP contribution in [0.5, 0.6) is 0 Å². The molecule has 2 aliphatic heterocycles. The molecule has 1 amide bonds. The Morgan fingerprint density at radius 1 is 1.04 bits per heavy atom. The lowest BCUT2D eigenvalue weighted by Gasteiger charge is -2.32. The lowest BCUT2D eigenvalue weighted by atomic mass is 10.0. The van der Waals surface area contributed by atoms with Crippen molar-refractivity contribution in [3.05, 3.63) is 48.0 Å². The van der Waals surface area contributed by atoms with Crippen molar-refractivity contribution in [2.75, 3.05) is 39.3 Å². The van der Waals surface area contributed by atoms with Crippen LogP contribution >= 0.6 is 12.4 Å². The number of carbonyl (C=O) groups excluding carboxylic acids is 1. The van der Waals surface area contributed by atoms with Gasteiger partial charge >= 0.3 is 0 Å². The Labute approximate surface area is 155 Å². The van der Waals surface area contributed by atoms with Gasteiger partial charge in [0.1, 0.15) is 0 Å². The van der Waals surface area contributed by atoms with Gasteiger partial charge in [-0.15, -0.1) is 12.4 Å². The Morgan fingerprint density at radius 2 is 1.80 bits per heavy atom. The van der Waals surface area contributed by atoms with Crippen LogP contribution in [0.1, 0.15) is 12.0 Å². The predicted octanol–water partition coefficient (Wildman–Crippen LogP) is 2.31. The third kappa shape index (κ3) is 3.97. The monoisotopic (exact) mass is 359 g/mol. The van der Waals surface area contributed by atoms with Crippen molar-refractivity contribution in [2.45, 2.75) is 18.9 Å². The highest BCUT2D eigenvalue weighted by Crippen LogP contribution is 2.21. The molecule has 2 saturated heterocycles. The van der Waals surface area contributed by atoms with Gasteiger partial charge in [0.2, 0.25) is 5.91 Å². The van der Waals surface area contributed by atoms with Crippen molar-refractivity contribution in [1.82, 2.24) is 15.1 Å². The molecule has 2 aromatic carbocycles. The van der Waals surface area contributed by atoms with E-state index in [9.17, 15) is 4.79 Å². The number of nitrogens with zero attached hydrogens (tertiary/aromatic N) is 2. The normalized spacial score (nSPS) is 21.3. The van der Waals surface area contributed by atoms with Crippen LogP contribution in [0.15, 0.2) is 42.5 Å². The van der Waals surface area contributed by atoms with E-state index in [2.05, 4.69) is 45.4 Å². The number of carbonyl (C=O) groups is 1. The standard InChI is InChI=1S/C20H25N3O.ClH/c24-20(14-17-6-3-5-16-4-1-2-7-19(16)17)23-11-8-18(15-23)22-12-9-21-10-13-22;/h1-7,18,21H,8-15H2;1H. The molecule has 0 saturated carbocycles. The van der Waals surface area contributed by atoms with Gasteiger partial charge in [-0.1, -0.05) is 42.5 Å². The molecule has 134 valence electrons. The summed E-state index contributed by atoms with van der Waals surface area (Å²) in [7, 11) is 0. The van der Waals surface area contributed by atoms with Crippen molar-refractivity contribution in [1.29, 1.82) is 0 Å². The fourth-order valence-corrected chi connectivity index (χ4v) is 4.04. The van der Waals surface area contributed by atoms with Crippen molar-refractivity contribution < 1.29 is 4.79 Å². The SMILES string of the molecule is Cl.O=C(Cc1cccc2ccccc12)N1CCC(N2CCNCC2)C1. The smallest absolute Gasteiger partial charge is 0.227 e. The predicted molar refractivity (Wildman–Crippen MR) is 104 cm³/mol. The lowest BCUT2D eigenvalue weighted by molar-refractivity contribution is -0.129. The summed E-state index contributed by atoms with van der Waals surface area (Å²) in [6.07, 6.45) is 1.62. The van der Waals surface area contributed by atoms with Gasteiger partial charge in [-0.25, -0.2) is 0 Å². The zero-order valence-corrected chi connectivity index (χ0v) is 15.3. The highest BCUT2D eigenvalue weighted by Gasteiger charge is 2.30. The summed E-state index contributed by atoms with van der Waals surface area (Å²) in [6.45, 7) is 6.15. The molecule has 0 spiro atoms. The molecule has 1 unspecified atom stereocenters. The van der Waals surface area contributed by atoms with E-state index in [1.54, 1.807) is 0 Å². The molecule has 2 aliphatic rings. The van der Waals surface area contributed by atoms with Crippen LogP contribution in [-0.4, -0.2) is 61.0 Å². The first-order valence-electron chi connectivity index (χ1n) is 9.00. The first kappa shape index (κ1) is 18.2. The fourth-order valence-electron chi connectivity index (χ4n) is 4.04. The second-order valence-corrected chi connectivity index (χ2v) is 6.88. The average molecular weight is 360 g/mol. The van der Waals surface area contributed by atoms with E-state index >= 15 is 0 Å². The number of hydrogen-bond acceptors (Lipinski definition) is 3. The molecule has 1 N–H and O–H groups in total. The van der Waals surface area contributed by atoms with Gasteiger partial charge in [0.15, 0.2) is 0 Å². The highest BCUT2D eigenvalue weighted by atomic mass is 35.5. The summed E-state index contributed by atoms with van der Waals surface area (Å²) in [5.41, 5.74) is 1.14. The Hall–Kier alpha value is -1.62. The molecule has 4 rings (SSSR count). The average Bonchev–Trinajstić information content (AvgIpc) is 3.13. The van der Waals surface area contributed by atoms with Crippen LogP contribution in [-0.2, 0) is 11.2 Å². The first-order chi connectivity index (χ1) is 11.8. The lowest BCUT2D eigenvalue weighted by Crippen LogP contribution is -2.49. The molecular weight excluding hydrogens is 334 g/mol. The van der Waals surface area contributed by atoms with E-state index in [-0.39, 0.29) is 18.3 Å². The molecule has 5 heteroatoms. The number of piperazine rings is 1. The second-order valence-electron chi connectivity index (χ2n) is 6.88. The Balaban J connectivity index is 0.00000182. The quantitative estimate of drug-likeness (QED) is 0.913. The summed E-state index contributed by atoms with van der Waals surface area (Å²) in [6, 6.07) is 15.1. The Morgan fingerprint density at radius 3 is 2.64 bits per heavy atom. The van der Waals surface area contributed by atoms with E-state index in [1.807, 2.05) is 12.1 Å². The van der Waals surface area contributed by atoms with E-state index in [0.717, 1.165) is 51.3 Å². The van der Waals surface area contributed by atoms with Gasteiger partial charge in [0.05, 0.1) is 6.42 Å². The second kappa shape index (κ2) is 8.17. The molecular formula is C20H26ClN3O. The molecule has 0 aliphatic carbocycles. The van der Waals surface area contributed by atoms with Gasteiger partial charge in [-0.3, -0.25) is 9.69 Å². The minimum Gasteiger partial charge on any atom is -0.341 e. The fraction of sp³-hybridized carbons (Fsp3) is 0.450. The number of likely N-dealkylation sites (tertiary alicyclic amines) is 1. The van der Waals surface area contributed by atoms with Gasteiger partial charge in [0, 0.05) is 45.3 Å². The van der Waals surface area contributed by atoms with Gasteiger partial charge in [0.25, 0.3) is 0 Å². The topological polar surface area (TPSA) is 35.6 Å². The number of rotatable bonds is 3. The van der Waals surface area contributed by atoms with Crippen molar-refractivity contribution in [2.24, 2.45) is 0 Å². The maximum atomic E-state index is 12.8. The van der Waals surface area contributed by atoms with E-state index < -0.39 is 0 Å². The van der Waals surface area contributed by atoms with E-state index in [0.29, 0.717) is 12.5 Å². The van der Waals surface area contributed by atoms with Crippen molar-refractivity contribution in [3.63, 3.8) is 0 Å². The molecule has 2 aromatic rings. The van der Waals surface area contributed by atoms with E-state index in [4.69, 9.17) is 0 Å². The zero-order valence-electron chi connectivity index (χ0n) is 14.5. The summed E-state index contributed by atoms with van der Waals surface area (Å²) >= 11 is 0. The summed E-state index contributed by atoms with van der Waals surface area (Å²) in [5, 5.41) is 5.81. The van der Waals surface area contributed by atoms with Gasteiger partial charge in [-0.2, -0.15) is 0 Å². The van der Waals surface area contributed by atoms with Crippen LogP contribution in [0.3, 0.4) is 0 Å². The molecule has 25 heavy (non-hydrogen) atoms. The number of halogens is 1. The third-order valence-corrected chi connectivity index (χ3v) is 5.41. The molecule has 0 aromatic heterocycles. The Bertz CT molecular complexity index is 724. The molecule has 2 heterocycles. The summed E-state index contributed by atoms with van der Waals surface area (Å²) in [4.78, 5) is 17.4. The minimum absolute atomic E-state index is 0. The zero-order chi connectivity index (χ0) is 16.4. The van der Waals surface area contributed by atoms with Crippen LogP contribution < -0.4 is 5.32 Å². The van der Waals surface area contributed by atoms with Gasteiger partial charge < -0.3 is 10.2 Å². The van der Waals surface area contributed by atoms with E-state index in [1.165, 1.54) is 10.8 Å². The minimum atomic E-state index is 0. The van der Waals surface area contributed by atoms with Crippen molar-refractivity contribution in [3.8, 4) is 0 Å². The first-order valence-corrected chi connectivity index (χ1v) is 9.00. The maximum Gasteiger partial charge on any atom is 0.227 e. The molecule has 0 bridgehead atoms. The number of amides is 1. The number of fused-ring (bicyclic) bond motifs is 1. The summed E-state index contributed by atoms with van der Waals surface area (Å²) < 4.78 is 0. The maximum absolute atomic E-state index is 12.8. The molecule has 2 fully saturated rings. The summed E-state index contributed by atoms with van der Waals surface area (Å²) in [5.74, 6) is 0.268. The number of hydrogen-bond donors (Lipinski definition) is 1. The van der Waals surface area contributed by atoms with Crippen LogP contribution in [0.25, 0.3) is 10.8 Å². The van der Waals surface area contributed by atoms with Crippen LogP contribution in [0, 0.1) is 0 Å². The molecule has 1 atom stereocenters. The Kier molecular flexibility index (Phi) is 5.94. The largest absolute Gasteiger partial charge is 0.341 e.